The number of hydrogen-bond acceptors (Lipinski definition) is 1. The number of nitrogens with zero attached hydrogens (tertiary/aromatic N) is 1. The van der Waals surface area contributed by atoms with E-state index in [1.54, 1.807) is 6.07 Å². The first-order valence-corrected chi connectivity index (χ1v) is 4.88. The highest BCUT2D eigenvalue weighted by Crippen LogP contribution is 2.33. The summed E-state index contributed by atoms with van der Waals surface area (Å²) >= 11 is 8.74. The standard InChI is InChI=1S/C8H4BrClF2N2/c9-8-13-4-2-1-3(10)5(7(11)12)6(4)14-8/h1-2,7H,(H,13,14). The van der Waals surface area contributed by atoms with Crippen molar-refractivity contribution in [2.75, 3.05) is 0 Å². The lowest BCUT2D eigenvalue weighted by molar-refractivity contribution is 0.153. The van der Waals surface area contributed by atoms with Crippen molar-refractivity contribution < 1.29 is 8.78 Å². The summed E-state index contributed by atoms with van der Waals surface area (Å²) in [7, 11) is 0. The normalized spacial score (nSPS) is 11.5. The van der Waals surface area contributed by atoms with Crippen molar-refractivity contribution >= 4 is 38.6 Å². The maximum absolute atomic E-state index is 12.6. The molecule has 14 heavy (non-hydrogen) atoms. The van der Waals surface area contributed by atoms with Gasteiger partial charge in [-0.25, -0.2) is 13.8 Å². The molecule has 0 atom stereocenters. The lowest BCUT2D eigenvalue weighted by Gasteiger charge is -2.02. The van der Waals surface area contributed by atoms with E-state index in [0.717, 1.165) is 0 Å². The van der Waals surface area contributed by atoms with E-state index in [-0.39, 0.29) is 16.1 Å². The number of alkyl halides is 2. The first kappa shape index (κ1) is 9.86. The molecule has 0 radical (unpaired) electrons. The number of H-pyrrole nitrogens is 1. The maximum atomic E-state index is 12.6. The number of aromatic nitrogens is 2. The first-order chi connectivity index (χ1) is 6.59. The molecule has 0 unspecified atom stereocenters. The zero-order valence-corrected chi connectivity index (χ0v) is 9.03. The highest BCUT2D eigenvalue weighted by atomic mass is 79.9. The van der Waals surface area contributed by atoms with Gasteiger partial charge in [-0.2, -0.15) is 0 Å². The largest absolute Gasteiger partial charge is 0.332 e. The van der Waals surface area contributed by atoms with Gasteiger partial charge in [-0.15, -0.1) is 0 Å². The van der Waals surface area contributed by atoms with E-state index in [2.05, 4.69) is 25.9 Å². The summed E-state index contributed by atoms with van der Waals surface area (Å²) in [5.41, 5.74) is 0.516. The van der Waals surface area contributed by atoms with Gasteiger partial charge in [0.25, 0.3) is 6.43 Å². The van der Waals surface area contributed by atoms with Gasteiger partial charge >= 0.3 is 0 Å². The number of aromatic amines is 1. The molecule has 74 valence electrons. The average Bonchev–Trinajstić information content (AvgIpc) is 2.43. The lowest BCUT2D eigenvalue weighted by Crippen LogP contribution is -1.88. The van der Waals surface area contributed by atoms with Crippen LogP contribution in [-0.2, 0) is 0 Å². The van der Waals surface area contributed by atoms with Crippen LogP contribution in [0.1, 0.15) is 12.0 Å². The zero-order valence-electron chi connectivity index (χ0n) is 6.69. The van der Waals surface area contributed by atoms with Crippen LogP contribution >= 0.6 is 27.5 Å². The molecule has 1 heterocycles. The van der Waals surface area contributed by atoms with Crippen molar-refractivity contribution in [1.82, 2.24) is 9.97 Å². The second kappa shape index (κ2) is 3.47. The van der Waals surface area contributed by atoms with Gasteiger partial charge in [0, 0.05) is 0 Å². The summed E-state index contributed by atoms with van der Waals surface area (Å²) < 4.78 is 25.6. The highest BCUT2D eigenvalue weighted by Gasteiger charge is 2.18. The summed E-state index contributed by atoms with van der Waals surface area (Å²) in [4.78, 5) is 6.69. The van der Waals surface area contributed by atoms with E-state index in [9.17, 15) is 8.78 Å². The molecule has 2 nitrogen and oxygen atoms in total. The molecular formula is C8H4BrClF2N2. The van der Waals surface area contributed by atoms with Crippen LogP contribution in [0.3, 0.4) is 0 Å². The molecule has 1 aromatic heterocycles. The van der Waals surface area contributed by atoms with Crippen LogP contribution in [0.5, 0.6) is 0 Å². The molecular weight excluding hydrogens is 277 g/mol. The SMILES string of the molecule is FC(F)c1c(Cl)ccc2[nH]c(Br)nc12. The molecule has 6 heteroatoms. The van der Waals surface area contributed by atoms with Crippen LogP contribution in [0.2, 0.25) is 5.02 Å². The minimum Gasteiger partial charge on any atom is -0.332 e. The second-order valence-corrected chi connectivity index (χ2v) is 3.84. The Morgan fingerprint density at radius 1 is 1.43 bits per heavy atom. The van der Waals surface area contributed by atoms with Gasteiger partial charge in [0.2, 0.25) is 0 Å². The fourth-order valence-electron chi connectivity index (χ4n) is 1.25. The van der Waals surface area contributed by atoms with Crippen LogP contribution < -0.4 is 0 Å². The summed E-state index contributed by atoms with van der Waals surface area (Å²) in [6, 6.07) is 3.04. The minimum atomic E-state index is -2.62. The van der Waals surface area contributed by atoms with E-state index < -0.39 is 6.43 Å². The van der Waals surface area contributed by atoms with Gasteiger partial charge in [0.15, 0.2) is 4.73 Å². The first-order valence-electron chi connectivity index (χ1n) is 3.71. The van der Waals surface area contributed by atoms with Gasteiger partial charge in [-0.05, 0) is 28.1 Å². The van der Waals surface area contributed by atoms with Crippen LogP contribution in [-0.4, -0.2) is 9.97 Å². The average molecular weight is 281 g/mol. The third-order valence-electron chi connectivity index (χ3n) is 1.83. The Labute approximate surface area is 91.4 Å². The molecule has 0 amide bonds. The topological polar surface area (TPSA) is 28.7 Å². The Bertz CT molecular complexity index is 483. The molecule has 0 fully saturated rings. The molecule has 0 saturated heterocycles. The molecule has 0 aliphatic heterocycles. The van der Waals surface area contributed by atoms with Crippen molar-refractivity contribution in [2.45, 2.75) is 6.43 Å². The van der Waals surface area contributed by atoms with Crippen LogP contribution in [0.25, 0.3) is 11.0 Å². The number of nitrogens with one attached hydrogen (secondary N) is 1. The zero-order chi connectivity index (χ0) is 10.3. The van der Waals surface area contributed by atoms with Gasteiger partial charge in [0.1, 0.15) is 0 Å². The number of halogens is 4. The number of hydrogen-bond donors (Lipinski definition) is 1. The van der Waals surface area contributed by atoms with Crippen molar-refractivity contribution in [1.29, 1.82) is 0 Å². The molecule has 1 aromatic carbocycles. The second-order valence-electron chi connectivity index (χ2n) is 2.69. The van der Waals surface area contributed by atoms with Gasteiger partial charge in [-0.1, -0.05) is 11.6 Å². The lowest BCUT2D eigenvalue weighted by atomic mass is 10.2. The summed E-state index contributed by atoms with van der Waals surface area (Å²) in [6.45, 7) is 0. The molecule has 0 aliphatic carbocycles. The molecule has 0 aliphatic rings. The smallest absolute Gasteiger partial charge is 0.267 e. The minimum absolute atomic E-state index is 0.0338. The molecule has 2 rings (SSSR count). The number of fused-ring (bicyclic) bond motifs is 1. The Morgan fingerprint density at radius 3 is 2.79 bits per heavy atom. The van der Waals surface area contributed by atoms with Crippen LogP contribution in [0.15, 0.2) is 16.9 Å². The fourth-order valence-corrected chi connectivity index (χ4v) is 1.88. The van der Waals surface area contributed by atoms with E-state index in [1.165, 1.54) is 6.07 Å². The molecule has 0 bridgehead atoms. The summed E-state index contributed by atoms with van der Waals surface area (Å²) in [6.07, 6.45) is -2.62. The van der Waals surface area contributed by atoms with Crippen molar-refractivity contribution in [3.8, 4) is 0 Å². The highest BCUT2D eigenvalue weighted by molar-refractivity contribution is 9.10. The molecule has 2 aromatic rings. The third-order valence-corrected chi connectivity index (χ3v) is 2.54. The van der Waals surface area contributed by atoms with Gasteiger partial charge in [-0.3, -0.25) is 0 Å². The quantitative estimate of drug-likeness (QED) is 0.843. The Kier molecular flexibility index (Phi) is 2.45. The van der Waals surface area contributed by atoms with Gasteiger partial charge < -0.3 is 4.98 Å². The third kappa shape index (κ3) is 1.50. The van der Waals surface area contributed by atoms with E-state index in [4.69, 9.17) is 11.6 Å². The van der Waals surface area contributed by atoms with E-state index in [0.29, 0.717) is 10.3 Å². The van der Waals surface area contributed by atoms with E-state index in [1.807, 2.05) is 0 Å². The van der Waals surface area contributed by atoms with Gasteiger partial charge in [0.05, 0.1) is 21.6 Å². The summed E-state index contributed by atoms with van der Waals surface area (Å²) in [5.74, 6) is 0. The number of imidazole rings is 1. The Hall–Kier alpha value is -0.680. The fraction of sp³-hybridized carbons (Fsp3) is 0.125. The van der Waals surface area contributed by atoms with Crippen molar-refractivity contribution in [2.24, 2.45) is 0 Å². The number of rotatable bonds is 1. The molecule has 0 spiro atoms. The van der Waals surface area contributed by atoms with Crippen LogP contribution in [0.4, 0.5) is 8.78 Å². The van der Waals surface area contributed by atoms with Crippen molar-refractivity contribution in [3.05, 3.63) is 27.5 Å². The van der Waals surface area contributed by atoms with E-state index >= 15 is 0 Å². The predicted octanol–water partition coefficient (Wildman–Crippen LogP) is 3.92. The molecule has 1 N–H and O–H groups in total. The maximum Gasteiger partial charge on any atom is 0.267 e. The predicted molar refractivity (Wildman–Crippen MR) is 53.8 cm³/mol. The molecule has 0 saturated carbocycles. The Balaban J connectivity index is 2.82. The number of benzene rings is 1. The van der Waals surface area contributed by atoms with Crippen LogP contribution in [0, 0.1) is 0 Å². The summed E-state index contributed by atoms with van der Waals surface area (Å²) in [5, 5.41) is 0.0338. The Morgan fingerprint density at radius 2 is 2.14 bits per heavy atom. The monoisotopic (exact) mass is 280 g/mol. The van der Waals surface area contributed by atoms with Crippen molar-refractivity contribution in [3.63, 3.8) is 0 Å².